The van der Waals surface area contributed by atoms with Crippen molar-refractivity contribution >= 4 is 0 Å². The topological polar surface area (TPSA) is 39.7 Å². The van der Waals surface area contributed by atoms with Gasteiger partial charge in [-0.05, 0) is 36.9 Å². The van der Waals surface area contributed by atoms with E-state index in [0.29, 0.717) is 25.2 Å². The number of rotatable bonds is 9. The first-order chi connectivity index (χ1) is 10.3. The van der Waals surface area contributed by atoms with Crippen LogP contribution in [0.15, 0.2) is 24.3 Å². The van der Waals surface area contributed by atoms with E-state index in [9.17, 15) is 0 Å². The van der Waals surface area contributed by atoms with Crippen LogP contribution < -0.4 is 10.1 Å². The minimum Gasteiger partial charge on any atom is -0.493 e. The maximum Gasteiger partial charge on any atom is 0.122 e. The summed E-state index contributed by atoms with van der Waals surface area (Å²) in [4.78, 5) is 0. The molecule has 0 spiro atoms. The molecule has 0 aromatic heterocycles. The van der Waals surface area contributed by atoms with E-state index in [0.717, 1.165) is 38.3 Å². The molecule has 1 aliphatic heterocycles. The minimum atomic E-state index is 0.378. The fourth-order valence-corrected chi connectivity index (χ4v) is 2.87. The van der Waals surface area contributed by atoms with E-state index in [1.807, 2.05) is 6.07 Å². The number of hydrogen-bond acceptors (Lipinski definition) is 4. The van der Waals surface area contributed by atoms with Gasteiger partial charge in [-0.2, -0.15) is 0 Å². The number of para-hydroxylation sites is 1. The number of benzene rings is 1. The van der Waals surface area contributed by atoms with E-state index in [1.165, 1.54) is 5.56 Å². The number of nitrogens with one attached hydrogen (secondary N) is 1. The lowest BCUT2D eigenvalue weighted by Crippen LogP contribution is -2.36. The van der Waals surface area contributed by atoms with Gasteiger partial charge in [-0.15, -0.1) is 0 Å². The molecule has 0 amide bonds. The van der Waals surface area contributed by atoms with Gasteiger partial charge in [0.1, 0.15) is 5.75 Å². The van der Waals surface area contributed by atoms with Gasteiger partial charge < -0.3 is 19.5 Å². The number of methoxy groups -OCH3 is 1. The maximum atomic E-state index is 5.74. The van der Waals surface area contributed by atoms with E-state index in [2.05, 4.69) is 30.4 Å². The Morgan fingerprint density at radius 2 is 2.19 bits per heavy atom. The summed E-state index contributed by atoms with van der Waals surface area (Å²) in [5.41, 5.74) is 1.34. The molecule has 1 aliphatic rings. The maximum absolute atomic E-state index is 5.74. The van der Waals surface area contributed by atoms with Crippen molar-refractivity contribution in [3.05, 3.63) is 29.8 Å². The highest BCUT2D eigenvalue weighted by atomic mass is 16.5. The van der Waals surface area contributed by atoms with Crippen molar-refractivity contribution in [1.29, 1.82) is 0 Å². The highest BCUT2D eigenvalue weighted by Crippen LogP contribution is 2.36. The molecule has 2 unspecified atom stereocenters. The molecule has 1 aromatic carbocycles. The lowest BCUT2D eigenvalue weighted by atomic mass is 9.87. The van der Waals surface area contributed by atoms with Crippen molar-refractivity contribution in [2.45, 2.75) is 31.7 Å². The van der Waals surface area contributed by atoms with Gasteiger partial charge in [-0.25, -0.2) is 0 Å². The molecular weight excluding hydrogens is 266 g/mol. The molecule has 1 aromatic rings. The van der Waals surface area contributed by atoms with E-state index in [4.69, 9.17) is 14.2 Å². The van der Waals surface area contributed by atoms with Crippen molar-refractivity contribution in [3.8, 4) is 5.75 Å². The van der Waals surface area contributed by atoms with Crippen LogP contribution in [-0.4, -0.2) is 46.1 Å². The number of likely N-dealkylation sites (N-methyl/N-ethyl adjacent to an activating group) is 1. The van der Waals surface area contributed by atoms with E-state index in [-0.39, 0.29) is 0 Å². The van der Waals surface area contributed by atoms with Gasteiger partial charge >= 0.3 is 0 Å². The fourth-order valence-electron chi connectivity index (χ4n) is 2.87. The van der Waals surface area contributed by atoms with Gasteiger partial charge in [0.15, 0.2) is 0 Å². The monoisotopic (exact) mass is 293 g/mol. The van der Waals surface area contributed by atoms with Crippen LogP contribution in [0.5, 0.6) is 5.75 Å². The molecule has 0 fully saturated rings. The van der Waals surface area contributed by atoms with Crippen LogP contribution in [0.1, 0.15) is 31.2 Å². The summed E-state index contributed by atoms with van der Waals surface area (Å²) in [7, 11) is 1.70. The normalized spacial score (nSPS) is 18.9. The van der Waals surface area contributed by atoms with Crippen LogP contribution in [0.2, 0.25) is 0 Å². The molecule has 2 rings (SSSR count). The van der Waals surface area contributed by atoms with E-state index >= 15 is 0 Å². The van der Waals surface area contributed by atoms with Gasteiger partial charge in [-0.1, -0.05) is 25.1 Å². The summed E-state index contributed by atoms with van der Waals surface area (Å²) in [6, 6.07) is 8.77. The highest BCUT2D eigenvalue weighted by Gasteiger charge is 2.24. The molecule has 4 nitrogen and oxygen atoms in total. The van der Waals surface area contributed by atoms with Crippen LogP contribution in [0, 0.1) is 0 Å². The van der Waals surface area contributed by atoms with Crippen LogP contribution in [0.4, 0.5) is 0 Å². The first-order valence-electron chi connectivity index (χ1n) is 7.87. The third kappa shape index (κ3) is 4.99. The molecule has 0 bridgehead atoms. The largest absolute Gasteiger partial charge is 0.493 e. The zero-order chi connectivity index (χ0) is 14.9. The summed E-state index contributed by atoms with van der Waals surface area (Å²) in [5.74, 6) is 1.59. The molecule has 0 saturated heterocycles. The Morgan fingerprint density at radius 1 is 1.33 bits per heavy atom. The summed E-state index contributed by atoms with van der Waals surface area (Å²) in [5, 5.41) is 3.53. The van der Waals surface area contributed by atoms with Gasteiger partial charge in [0.05, 0.1) is 26.4 Å². The average molecular weight is 293 g/mol. The Hall–Kier alpha value is -1.10. The molecule has 4 heteroatoms. The van der Waals surface area contributed by atoms with Crippen LogP contribution >= 0.6 is 0 Å². The second-order valence-electron chi connectivity index (χ2n) is 5.43. The molecule has 21 heavy (non-hydrogen) atoms. The van der Waals surface area contributed by atoms with Gasteiger partial charge in [0.25, 0.3) is 0 Å². The molecule has 0 saturated carbocycles. The summed E-state index contributed by atoms with van der Waals surface area (Å²) >= 11 is 0. The summed E-state index contributed by atoms with van der Waals surface area (Å²) < 4.78 is 16.5. The van der Waals surface area contributed by atoms with Crippen molar-refractivity contribution in [3.63, 3.8) is 0 Å². The Bertz CT molecular complexity index is 411. The fraction of sp³-hybridized carbons (Fsp3) is 0.647. The first kappa shape index (κ1) is 16.3. The molecular formula is C17H27NO3. The van der Waals surface area contributed by atoms with E-state index in [1.54, 1.807) is 7.11 Å². The van der Waals surface area contributed by atoms with Crippen molar-refractivity contribution in [2.24, 2.45) is 0 Å². The summed E-state index contributed by atoms with van der Waals surface area (Å²) in [6.45, 7) is 5.95. The molecule has 1 N–H and O–H groups in total. The second-order valence-corrected chi connectivity index (χ2v) is 5.43. The van der Waals surface area contributed by atoms with Crippen molar-refractivity contribution < 1.29 is 14.2 Å². The lowest BCUT2D eigenvalue weighted by Gasteiger charge is -2.29. The summed E-state index contributed by atoms with van der Waals surface area (Å²) in [6.07, 6.45) is 2.16. The molecule has 2 atom stereocenters. The molecule has 0 radical (unpaired) electrons. The van der Waals surface area contributed by atoms with Gasteiger partial charge in [-0.3, -0.25) is 0 Å². The van der Waals surface area contributed by atoms with Gasteiger partial charge in [0, 0.05) is 13.2 Å². The average Bonchev–Trinajstić information content (AvgIpc) is 2.52. The van der Waals surface area contributed by atoms with Crippen LogP contribution in [0.25, 0.3) is 0 Å². The highest BCUT2D eigenvalue weighted by molar-refractivity contribution is 5.37. The standard InChI is InChI=1S/C17H27NO3/c1-3-18-15(13-20-11-10-19-2)12-14-8-9-21-17-7-5-4-6-16(14)17/h4-7,14-15,18H,3,8-13H2,1-2H3. The number of hydrogen-bond donors (Lipinski definition) is 1. The Morgan fingerprint density at radius 3 is 3.00 bits per heavy atom. The number of ether oxygens (including phenoxy) is 3. The van der Waals surface area contributed by atoms with Crippen LogP contribution in [0.3, 0.4) is 0 Å². The Balaban J connectivity index is 1.91. The minimum absolute atomic E-state index is 0.378. The second kappa shape index (κ2) is 9.03. The quantitative estimate of drug-likeness (QED) is 0.710. The zero-order valence-electron chi connectivity index (χ0n) is 13.1. The molecule has 118 valence electrons. The predicted molar refractivity (Wildman–Crippen MR) is 84.1 cm³/mol. The third-order valence-electron chi connectivity index (χ3n) is 3.90. The Labute approximate surface area is 127 Å². The molecule has 1 heterocycles. The Kier molecular flexibility index (Phi) is 7.00. The predicted octanol–water partition coefficient (Wildman–Crippen LogP) is 2.58. The molecule has 0 aliphatic carbocycles. The van der Waals surface area contributed by atoms with E-state index < -0.39 is 0 Å². The van der Waals surface area contributed by atoms with Crippen LogP contribution in [-0.2, 0) is 9.47 Å². The number of fused-ring (bicyclic) bond motifs is 1. The van der Waals surface area contributed by atoms with Crippen molar-refractivity contribution in [1.82, 2.24) is 5.32 Å². The van der Waals surface area contributed by atoms with Gasteiger partial charge in [0.2, 0.25) is 0 Å². The lowest BCUT2D eigenvalue weighted by molar-refractivity contribution is 0.0559. The smallest absolute Gasteiger partial charge is 0.122 e. The van der Waals surface area contributed by atoms with Crippen molar-refractivity contribution in [2.75, 3.05) is 40.1 Å². The first-order valence-corrected chi connectivity index (χ1v) is 7.87. The third-order valence-corrected chi connectivity index (χ3v) is 3.90. The zero-order valence-corrected chi connectivity index (χ0v) is 13.1. The SMILES string of the molecule is CCNC(COCCOC)CC1CCOc2ccccc21.